The highest BCUT2D eigenvalue weighted by Crippen LogP contribution is 2.22. The minimum atomic E-state index is -0.0787. The van der Waals surface area contributed by atoms with Crippen LogP contribution in [0.1, 0.15) is 32.1 Å². The maximum absolute atomic E-state index is 6.06. The lowest BCUT2D eigenvalue weighted by Gasteiger charge is -2.19. The predicted molar refractivity (Wildman–Crippen MR) is 115 cm³/mol. The Bertz CT molecular complexity index is 275. The van der Waals surface area contributed by atoms with Crippen molar-refractivity contribution in [3.8, 4) is 0 Å². The molecule has 0 spiro atoms. The van der Waals surface area contributed by atoms with E-state index in [2.05, 4.69) is 4.84 Å². The summed E-state index contributed by atoms with van der Waals surface area (Å²) in [7, 11) is 8.59. The minimum Gasteiger partial charge on any atom is -0.378 e. The third kappa shape index (κ3) is 17.2. The molecular weight excluding hydrogens is 388 g/mol. The van der Waals surface area contributed by atoms with Gasteiger partial charge in [-0.2, -0.15) is 0 Å². The summed E-state index contributed by atoms with van der Waals surface area (Å²) in [5.41, 5.74) is 0. The van der Waals surface area contributed by atoms with Crippen LogP contribution in [0.4, 0.5) is 0 Å². The number of ether oxygens (including phenoxy) is 5. The second kappa shape index (κ2) is 21.3. The van der Waals surface area contributed by atoms with E-state index in [9.17, 15) is 0 Å². The fourth-order valence-corrected chi connectivity index (χ4v) is 5.01. The number of nitrogens with two attached hydrogens (primary N) is 1. The molecule has 2 N–H and O–H groups in total. The summed E-state index contributed by atoms with van der Waals surface area (Å²) in [4.78, 5) is 4.61. The summed E-state index contributed by atoms with van der Waals surface area (Å²) >= 11 is 0. The number of hydrogen-bond acceptors (Lipinski definition) is 7. The molecule has 9 heteroatoms. The van der Waals surface area contributed by atoms with Crippen molar-refractivity contribution in [1.29, 1.82) is 0 Å². The van der Waals surface area contributed by atoms with E-state index in [1.54, 1.807) is 28.4 Å². The average molecular weight is 429 g/mol. The number of hydrogen-bond donors (Lipinski definition) is 1. The van der Waals surface area contributed by atoms with Gasteiger partial charge in [0.15, 0.2) is 12.6 Å². The van der Waals surface area contributed by atoms with Crippen LogP contribution >= 0.6 is 17.2 Å². The zero-order valence-electron chi connectivity index (χ0n) is 17.5. The van der Waals surface area contributed by atoms with Gasteiger partial charge in [0.25, 0.3) is 0 Å². The van der Waals surface area contributed by atoms with Crippen molar-refractivity contribution in [3.05, 3.63) is 0 Å². The Morgan fingerprint density at radius 3 is 1.52 bits per heavy atom. The summed E-state index contributed by atoms with van der Waals surface area (Å²) < 4.78 is 27.0. The van der Waals surface area contributed by atoms with Gasteiger partial charge in [-0.05, 0) is 43.9 Å². The van der Waals surface area contributed by atoms with Crippen LogP contribution in [0.15, 0.2) is 0 Å². The molecule has 0 amide bonds. The van der Waals surface area contributed by atoms with Crippen LogP contribution in [-0.4, -0.2) is 85.0 Å². The van der Waals surface area contributed by atoms with Crippen LogP contribution < -0.4 is 5.90 Å². The first-order valence-electron chi connectivity index (χ1n) is 9.67. The molecule has 2 unspecified atom stereocenters. The summed E-state index contributed by atoms with van der Waals surface area (Å²) in [5.74, 6) is 5.07. The third-order valence-corrected chi connectivity index (χ3v) is 6.78. The molecule has 0 fully saturated rings. The Kier molecular flexibility index (Phi) is 21.8. The number of methoxy groups -OCH3 is 4. The SMILES string of the molecule is COC(CCPCCC(CCPCCC(OC)OC)OCCCON)OC. The largest absolute Gasteiger partial charge is 0.378 e. The van der Waals surface area contributed by atoms with Gasteiger partial charge in [0, 0.05) is 47.9 Å². The summed E-state index contributed by atoms with van der Waals surface area (Å²) in [6.07, 6.45) is 9.77. The lowest BCUT2D eigenvalue weighted by Crippen LogP contribution is -2.18. The normalized spacial score (nSPS) is 13.9. The standard InChI is InChI=1S/C18H41NO6P2/c1-20-17(21-2)8-14-26-12-6-16(24-10-5-11-25-19)7-13-27-15-9-18(22-3)23-4/h16-18,26-27H,5-15,19H2,1-4H3. The molecule has 0 saturated heterocycles. The van der Waals surface area contributed by atoms with Gasteiger partial charge in [0.2, 0.25) is 0 Å². The smallest absolute Gasteiger partial charge is 0.157 e. The highest BCUT2D eigenvalue weighted by atomic mass is 31.1. The predicted octanol–water partition coefficient (Wildman–Crippen LogP) is 2.81. The van der Waals surface area contributed by atoms with Crippen LogP contribution in [-0.2, 0) is 28.5 Å². The molecule has 0 saturated carbocycles. The monoisotopic (exact) mass is 429 g/mol. The maximum atomic E-state index is 6.06. The van der Waals surface area contributed by atoms with Crippen molar-refractivity contribution in [2.45, 2.75) is 50.8 Å². The molecule has 0 aliphatic rings. The van der Waals surface area contributed by atoms with Gasteiger partial charge in [-0.15, -0.1) is 17.2 Å². The third-order valence-electron chi connectivity index (χ3n) is 4.21. The van der Waals surface area contributed by atoms with Crippen LogP contribution in [0.25, 0.3) is 0 Å². The molecule has 0 bridgehead atoms. The van der Waals surface area contributed by atoms with Crippen LogP contribution in [0.2, 0.25) is 0 Å². The van der Waals surface area contributed by atoms with E-state index in [0.29, 0.717) is 19.3 Å². The molecule has 27 heavy (non-hydrogen) atoms. The first kappa shape index (κ1) is 27.6. The van der Waals surface area contributed by atoms with Gasteiger partial charge in [-0.3, -0.25) is 0 Å². The van der Waals surface area contributed by atoms with Gasteiger partial charge >= 0.3 is 0 Å². The number of rotatable bonds is 21. The highest BCUT2D eigenvalue weighted by molar-refractivity contribution is 7.38. The van der Waals surface area contributed by atoms with E-state index < -0.39 is 0 Å². The van der Waals surface area contributed by atoms with Gasteiger partial charge < -0.3 is 28.5 Å². The second-order valence-corrected chi connectivity index (χ2v) is 9.17. The molecule has 0 rings (SSSR count). The summed E-state index contributed by atoms with van der Waals surface area (Å²) in [6.45, 7) is 1.25. The van der Waals surface area contributed by atoms with Gasteiger partial charge in [0.1, 0.15) is 0 Å². The van der Waals surface area contributed by atoms with E-state index in [0.717, 1.165) is 61.6 Å². The van der Waals surface area contributed by atoms with E-state index in [1.165, 1.54) is 12.3 Å². The Labute approximate surface area is 169 Å². The summed E-state index contributed by atoms with van der Waals surface area (Å²) in [5, 5.41) is 0. The van der Waals surface area contributed by atoms with Gasteiger partial charge in [-0.25, -0.2) is 5.90 Å². The van der Waals surface area contributed by atoms with Crippen molar-refractivity contribution in [1.82, 2.24) is 0 Å². The highest BCUT2D eigenvalue weighted by Gasteiger charge is 2.11. The van der Waals surface area contributed by atoms with Crippen molar-refractivity contribution >= 4 is 17.2 Å². The molecule has 0 aromatic heterocycles. The molecule has 7 nitrogen and oxygen atoms in total. The fourth-order valence-electron chi connectivity index (χ4n) is 2.58. The van der Waals surface area contributed by atoms with E-state index in [4.69, 9.17) is 29.6 Å². The Balaban J connectivity index is 3.95. The van der Waals surface area contributed by atoms with Gasteiger partial charge in [0.05, 0.1) is 12.7 Å². The van der Waals surface area contributed by atoms with Crippen molar-refractivity contribution in [3.63, 3.8) is 0 Å². The first-order chi connectivity index (χ1) is 13.2. The van der Waals surface area contributed by atoms with Crippen molar-refractivity contribution in [2.75, 3.05) is 66.3 Å². The van der Waals surface area contributed by atoms with E-state index in [1.807, 2.05) is 0 Å². The molecule has 0 radical (unpaired) electrons. The van der Waals surface area contributed by atoms with Crippen LogP contribution in [0.3, 0.4) is 0 Å². The first-order valence-corrected chi connectivity index (χ1v) is 12.5. The zero-order chi connectivity index (χ0) is 20.2. The lowest BCUT2D eigenvalue weighted by molar-refractivity contribution is -0.102. The summed E-state index contributed by atoms with van der Waals surface area (Å²) in [6, 6.07) is 0. The quantitative estimate of drug-likeness (QED) is 0.130. The maximum Gasteiger partial charge on any atom is 0.157 e. The molecule has 0 aliphatic heterocycles. The van der Waals surface area contributed by atoms with Crippen molar-refractivity contribution < 1.29 is 28.5 Å². The van der Waals surface area contributed by atoms with Crippen LogP contribution in [0, 0.1) is 0 Å². The Morgan fingerprint density at radius 1 is 0.667 bits per heavy atom. The van der Waals surface area contributed by atoms with Crippen LogP contribution in [0.5, 0.6) is 0 Å². The Hall–Kier alpha value is 0.580. The molecule has 0 aromatic rings. The zero-order valence-corrected chi connectivity index (χ0v) is 19.5. The average Bonchev–Trinajstić information content (AvgIpc) is 2.70. The van der Waals surface area contributed by atoms with E-state index in [-0.39, 0.29) is 12.6 Å². The Morgan fingerprint density at radius 2 is 1.11 bits per heavy atom. The molecular formula is C18H41NO6P2. The fraction of sp³-hybridized carbons (Fsp3) is 1.00. The van der Waals surface area contributed by atoms with E-state index >= 15 is 0 Å². The minimum absolute atomic E-state index is 0.0787. The second-order valence-electron chi connectivity index (χ2n) is 6.17. The lowest BCUT2D eigenvalue weighted by atomic mass is 10.2. The van der Waals surface area contributed by atoms with Crippen molar-refractivity contribution in [2.24, 2.45) is 5.90 Å². The van der Waals surface area contributed by atoms with Gasteiger partial charge in [-0.1, -0.05) is 0 Å². The molecule has 0 heterocycles. The molecule has 0 aliphatic carbocycles. The molecule has 0 aromatic carbocycles. The topological polar surface area (TPSA) is 81.4 Å². The molecule has 2 atom stereocenters. The molecule has 164 valence electrons.